The lowest BCUT2D eigenvalue weighted by Gasteiger charge is -2.14. The van der Waals surface area contributed by atoms with Gasteiger partial charge in [-0.3, -0.25) is 9.52 Å². The summed E-state index contributed by atoms with van der Waals surface area (Å²) in [4.78, 5) is 10.6. The van der Waals surface area contributed by atoms with Gasteiger partial charge in [0.25, 0.3) is 10.0 Å². The van der Waals surface area contributed by atoms with Gasteiger partial charge in [-0.25, -0.2) is 12.8 Å². The molecule has 0 saturated carbocycles. The molecular formula is C16H16FNO5S. The van der Waals surface area contributed by atoms with Gasteiger partial charge in [0.05, 0.1) is 19.2 Å². The normalized spacial score (nSPS) is 11.1. The first-order valence-corrected chi connectivity index (χ1v) is 8.39. The molecule has 0 spiro atoms. The van der Waals surface area contributed by atoms with E-state index in [1.165, 1.54) is 37.4 Å². The third-order valence-corrected chi connectivity index (χ3v) is 4.70. The molecule has 6 nitrogen and oxygen atoms in total. The highest BCUT2D eigenvalue weighted by Gasteiger charge is 2.21. The molecule has 0 fully saturated rings. The maximum Gasteiger partial charge on any atom is 0.307 e. The molecule has 0 aliphatic heterocycles. The van der Waals surface area contributed by atoms with E-state index in [0.717, 1.165) is 6.07 Å². The third kappa shape index (κ3) is 4.02. The second-order valence-corrected chi connectivity index (χ2v) is 6.77. The number of aryl methyl sites for hydroxylation is 1. The number of carbonyl (C=O) groups is 1. The highest BCUT2D eigenvalue weighted by Crippen LogP contribution is 2.28. The smallest absolute Gasteiger partial charge is 0.307 e. The van der Waals surface area contributed by atoms with E-state index in [1.54, 1.807) is 6.92 Å². The third-order valence-electron chi connectivity index (χ3n) is 3.32. The van der Waals surface area contributed by atoms with Gasteiger partial charge in [0.15, 0.2) is 0 Å². The van der Waals surface area contributed by atoms with E-state index < -0.39 is 21.8 Å². The zero-order chi connectivity index (χ0) is 17.9. The highest BCUT2D eigenvalue weighted by atomic mass is 32.2. The van der Waals surface area contributed by atoms with Crippen LogP contribution in [-0.2, 0) is 21.2 Å². The van der Waals surface area contributed by atoms with Crippen LogP contribution in [0.3, 0.4) is 0 Å². The predicted octanol–water partition coefficient (Wildman–Crippen LogP) is 2.57. The van der Waals surface area contributed by atoms with Crippen LogP contribution in [0.25, 0.3) is 0 Å². The van der Waals surface area contributed by atoms with E-state index in [2.05, 4.69) is 4.72 Å². The number of aliphatic carboxylic acids is 1. The molecule has 0 radical (unpaired) electrons. The first kappa shape index (κ1) is 17.7. The van der Waals surface area contributed by atoms with Gasteiger partial charge in [0.2, 0.25) is 0 Å². The fraction of sp³-hybridized carbons (Fsp3) is 0.188. The van der Waals surface area contributed by atoms with E-state index in [1.807, 2.05) is 0 Å². The molecule has 0 saturated heterocycles. The van der Waals surface area contributed by atoms with E-state index >= 15 is 0 Å². The van der Waals surface area contributed by atoms with Crippen LogP contribution in [-0.4, -0.2) is 26.6 Å². The number of hydrogen-bond donors (Lipinski definition) is 2. The van der Waals surface area contributed by atoms with Crippen molar-refractivity contribution in [1.82, 2.24) is 0 Å². The maximum absolute atomic E-state index is 13.4. The summed E-state index contributed by atoms with van der Waals surface area (Å²) >= 11 is 0. The van der Waals surface area contributed by atoms with Gasteiger partial charge in [-0.1, -0.05) is 12.1 Å². The number of sulfonamides is 1. The Morgan fingerprint density at radius 2 is 1.96 bits per heavy atom. The van der Waals surface area contributed by atoms with Crippen molar-refractivity contribution in [3.05, 3.63) is 53.3 Å². The summed E-state index contributed by atoms with van der Waals surface area (Å²) in [5.74, 6) is -1.60. The van der Waals surface area contributed by atoms with Crippen LogP contribution >= 0.6 is 0 Å². The van der Waals surface area contributed by atoms with Crippen LogP contribution in [0.15, 0.2) is 41.3 Å². The average Bonchev–Trinajstić information content (AvgIpc) is 2.50. The van der Waals surface area contributed by atoms with Crippen LogP contribution in [0.2, 0.25) is 0 Å². The molecule has 2 aromatic carbocycles. The molecule has 8 heteroatoms. The molecule has 0 aliphatic carbocycles. The van der Waals surface area contributed by atoms with E-state index in [-0.39, 0.29) is 22.8 Å². The monoisotopic (exact) mass is 353 g/mol. The Morgan fingerprint density at radius 3 is 2.58 bits per heavy atom. The zero-order valence-corrected chi connectivity index (χ0v) is 13.9. The maximum atomic E-state index is 13.4. The number of ether oxygens (including phenoxy) is 1. The number of nitrogens with one attached hydrogen (secondary N) is 1. The summed E-state index contributed by atoms with van der Waals surface area (Å²) in [5.41, 5.74) is 0.945. The molecule has 2 rings (SSSR count). The van der Waals surface area contributed by atoms with Crippen molar-refractivity contribution >= 4 is 21.7 Å². The number of methoxy groups -OCH3 is 1. The van der Waals surface area contributed by atoms with Crippen LogP contribution in [0.4, 0.5) is 10.1 Å². The number of rotatable bonds is 6. The first-order chi connectivity index (χ1) is 11.2. The van der Waals surface area contributed by atoms with Gasteiger partial charge in [0.1, 0.15) is 16.5 Å². The van der Waals surface area contributed by atoms with Crippen molar-refractivity contribution < 1.29 is 27.4 Å². The van der Waals surface area contributed by atoms with Gasteiger partial charge >= 0.3 is 5.97 Å². The van der Waals surface area contributed by atoms with Crippen molar-refractivity contribution in [2.75, 3.05) is 11.8 Å². The Hall–Kier alpha value is -2.61. The molecule has 0 heterocycles. The van der Waals surface area contributed by atoms with E-state index in [0.29, 0.717) is 11.1 Å². The zero-order valence-electron chi connectivity index (χ0n) is 13.0. The lowest BCUT2D eigenvalue weighted by Crippen LogP contribution is -2.15. The Bertz CT molecular complexity index is 880. The first-order valence-electron chi connectivity index (χ1n) is 6.90. The molecule has 24 heavy (non-hydrogen) atoms. The molecular weight excluding hydrogens is 337 g/mol. The fourth-order valence-corrected chi connectivity index (χ4v) is 3.46. The molecule has 0 aromatic heterocycles. The summed E-state index contributed by atoms with van der Waals surface area (Å²) in [5, 5.41) is 8.85. The standard InChI is InChI=1S/C16H16FNO5S/c1-10-3-5-12(17)9-13(10)18-24(21,22)15-7-11(8-16(19)20)4-6-14(15)23-2/h3-7,9,18H,8H2,1-2H3,(H,19,20). The summed E-state index contributed by atoms with van der Waals surface area (Å²) in [6, 6.07) is 7.82. The topological polar surface area (TPSA) is 92.7 Å². The minimum atomic E-state index is -4.09. The second kappa shape index (κ2) is 6.88. The molecule has 2 aromatic rings. The van der Waals surface area contributed by atoms with Crippen LogP contribution in [0.1, 0.15) is 11.1 Å². The Balaban J connectivity index is 2.47. The van der Waals surface area contributed by atoms with Crippen molar-refractivity contribution in [2.45, 2.75) is 18.2 Å². The van der Waals surface area contributed by atoms with Crippen molar-refractivity contribution in [2.24, 2.45) is 0 Å². The number of carboxylic acids is 1. The summed E-state index contributed by atoms with van der Waals surface area (Å²) in [7, 11) is -2.78. The number of halogens is 1. The lowest BCUT2D eigenvalue weighted by atomic mass is 10.1. The van der Waals surface area contributed by atoms with Gasteiger partial charge < -0.3 is 9.84 Å². The molecule has 2 N–H and O–H groups in total. The molecule has 0 atom stereocenters. The molecule has 0 amide bonds. The molecule has 0 bridgehead atoms. The molecule has 0 aliphatic rings. The number of carboxylic acid groups (broad SMARTS) is 1. The van der Waals surface area contributed by atoms with E-state index in [9.17, 15) is 17.6 Å². The van der Waals surface area contributed by atoms with Crippen molar-refractivity contribution in [3.63, 3.8) is 0 Å². The largest absolute Gasteiger partial charge is 0.495 e. The Kier molecular flexibility index (Phi) is 5.08. The van der Waals surface area contributed by atoms with Gasteiger partial charge in [-0.15, -0.1) is 0 Å². The SMILES string of the molecule is COc1ccc(CC(=O)O)cc1S(=O)(=O)Nc1cc(F)ccc1C. The Labute approximate surface area is 138 Å². The number of anilines is 1. The van der Waals surface area contributed by atoms with Gasteiger partial charge in [-0.2, -0.15) is 0 Å². The predicted molar refractivity (Wildman–Crippen MR) is 86.3 cm³/mol. The van der Waals surface area contributed by atoms with E-state index in [4.69, 9.17) is 9.84 Å². The minimum absolute atomic E-state index is 0.0608. The lowest BCUT2D eigenvalue weighted by molar-refractivity contribution is -0.136. The molecule has 128 valence electrons. The van der Waals surface area contributed by atoms with Crippen LogP contribution < -0.4 is 9.46 Å². The summed E-state index contributed by atoms with van der Waals surface area (Å²) in [6.45, 7) is 1.63. The average molecular weight is 353 g/mol. The fourth-order valence-electron chi connectivity index (χ4n) is 2.12. The Morgan fingerprint density at radius 1 is 1.25 bits per heavy atom. The number of benzene rings is 2. The molecule has 0 unspecified atom stereocenters. The quantitative estimate of drug-likeness (QED) is 0.833. The van der Waals surface area contributed by atoms with Crippen molar-refractivity contribution in [1.29, 1.82) is 0 Å². The van der Waals surface area contributed by atoms with Crippen molar-refractivity contribution in [3.8, 4) is 5.75 Å². The van der Waals surface area contributed by atoms with Crippen LogP contribution in [0.5, 0.6) is 5.75 Å². The summed E-state index contributed by atoms with van der Waals surface area (Å²) < 4.78 is 45.9. The van der Waals surface area contributed by atoms with Gasteiger partial charge in [0, 0.05) is 0 Å². The number of hydrogen-bond acceptors (Lipinski definition) is 4. The van der Waals surface area contributed by atoms with Gasteiger partial charge in [-0.05, 0) is 42.3 Å². The summed E-state index contributed by atoms with van der Waals surface area (Å²) in [6.07, 6.45) is -0.328. The minimum Gasteiger partial charge on any atom is -0.495 e. The van der Waals surface area contributed by atoms with Crippen LogP contribution in [0, 0.1) is 12.7 Å². The second-order valence-electron chi connectivity index (χ2n) is 5.12. The highest BCUT2D eigenvalue weighted by molar-refractivity contribution is 7.92.